The maximum absolute atomic E-state index is 12.1. The molecule has 2 rings (SSSR count). The SMILES string of the molecule is CC1CCN(CCNC(=O)[C@H]2CCN[C@@H](C)C2)CC1.Cl. The molecule has 0 spiro atoms. The molecule has 0 radical (unpaired) electrons. The van der Waals surface area contributed by atoms with Crippen molar-refractivity contribution in [1.29, 1.82) is 0 Å². The van der Waals surface area contributed by atoms with Crippen LogP contribution in [0.5, 0.6) is 0 Å². The van der Waals surface area contributed by atoms with Crippen LogP contribution in [0, 0.1) is 11.8 Å². The molecular formula is C15H30ClN3O. The Balaban J connectivity index is 0.00000200. The van der Waals surface area contributed by atoms with Crippen molar-refractivity contribution in [3.05, 3.63) is 0 Å². The summed E-state index contributed by atoms with van der Waals surface area (Å²) in [6, 6.07) is 0.480. The number of hydrogen-bond acceptors (Lipinski definition) is 3. The number of halogens is 1. The molecule has 0 aromatic heterocycles. The summed E-state index contributed by atoms with van der Waals surface area (Å²) in [5.41, 5.74) is 0. The van der Waals surface area contributed by atoms with E-state index in [1.807, 2.05) is 0 Å². The molecule has 5 heteroatoms. The first-order valence-corrected chi connectivity index (χ1v) is 7.88. The molecule has 2 aliphatic rings. The van der Waals surface area contributed by atoms with E-state index in [0.717, 1.165) is 38.4 Å². The highest BCUT2D eigenvalue weighted by molar-refractivity contribution is 5.85. The van der Waals surface area contributed by atoms with Gasteiger partial charge in [-0.1, -0.05) is 6.92 Å². The van der Waals surface area contributed by atoms with Crippen LogP contribution in [0.1, 0.15) is 39.5 Å². The molecular weight excluding hydrogens is 274 g/mol. The molecule has 2 N–H and O–H groups in total. The summed E-state index contributed by atoms with van der Waals surface area (Å²) >= 11 is 0. The molecule has 0 unspecified atom stereocenters. The lowest BCUT2D eigenvalue weighted by Crippen LogP contribution is -2.44. The predicted octanol–water partition coefficient (Wildman–Crippen LogP) is 1.64. The highest BCUT2D eigenvalue weighted by atomic mass is 35.5. The molecule has 2 heterocycles. The summed E-state index contributed by atoms with van der Waals surface area (Å²) in [7, 11) is 0. The first-order chi connectivity index (χ1) is 9.15. The number of amides is 1. The lowest BCUT2D eigenvalue weighted by Gasteiger charge is -2.31. The van der Waals surface area contributed by atoms with Gasteiger partial charge in [-0.05, 0) is 58.2 Å². The summed E-state index contributed by atoms with van der Waals surface area (Å²) in [5, 5.41) is 6.51. The Hall–Kier alpha value is -0.320. The van der Waals surface area contributed by atoms with E-state index in [0.29, 0.717) is 6.04 Å². The third-order valence-corrected chi connectivity index (χ3v) is 4.60. The number of likely N-dealkylation sites (tertiary alicyclic amines) is 1. The van der Waals surface area contributed by atoms with E-state index in [9.17, 15) is 4.79 Å². The van der Waals surface area contributed by atoms with Crippen molar-refractivity contribution in [2.45, 2.75) is 45.6 Å². The van der Waals surface area contributed by atoms with Crippen LogP contribution in [0.15, 0.2) is 0 Å². The topological polar surface area (TPSA) is 44.4 Å². The Kier molecular flexibility index (Phi) is 7.85. The Morgan fingerprint density at radius 2 is 1.95 bits per heavy atom. The van der Waals surface area contributed by atoms with Crippen molar-refractivity contribution < 1.29 is 4.79 Å². The van der Waals surface area contributed by atoms with Crippen molar-refractivity contribution in [2.24, 2.45) is 11.8 Å². The fourth-order valence-corrected chi connectivity index (χ4v) is 3.14. The van der Waals surface area contributed by atoms with Crippen LogP contribution in [-0.4, -0.2) is 49.6 Å². The van der Waals surface area contributed by atoms with Crippen molar-refractivity contribution in [3.8, 4) is 0 Å². The zero-order valence-corrected chi connectivity index (χ0v) is 13.7. The summed E-state index contributed by atoms with van der Waals surface area (Å²) in [5.74, 6) is 1.36. The number of nitrogens with zero attached hydrogens (tertiary/aromatic N) is 1. The number of piperidine rings is 2. The van der Waals surface area contributed by atoms with Gasteiger partial charge in [0.2, 0.25) is 5.91 Å². The van der Waals surface area contributed by atoms with Gasteiger partial charge in [-0.25, -0.2) is 0 Å². The van der Waals surface area contributed by atoms with Crippen LogP contribution in [0.25, 0.3) is 0 Å². The van der Waals surface area contributed by atoms with Crippen molar-refractivity contribution in [2.75, 3.05) is 32.7 Å². The van der Waals surface area contributed by atoms with Gasteiger partial charge >= 0.3 is 0 Å². The molecule has 2 atom stereocenters. The third-order valence-electron chi connectivity index (χ3n) is 4.60. The minimum absolute atomic E-state index is 0. The molecule has 1 amide bonds. The molecule has 2 fully saturated rings. The fourth-order valence-electron chi connectivity index (χ4n) is 3.14. The Bertz CT molecular complexity index is 293. The van der Waals surface area contributed by atoms with Crippen molar-refractivity contribution in [1.82, 2.24) is 15.5 Å². The lowest BCUT2D eigenvalue weighted by molar-refractivity contribution is -0.126. The summed E-state index contributed by atoms with van der Waals surface area (Å²) < 4.78 is 0. The molecule has 0 aromatic rings. The van der Waals surface area contributed by atoms with Gasteiger partial charge in [0.1, 0.15) is 0 Å². The number of hydrogen-bond donors (Lipinski definition) is 2. The second-order valence-electron chi connectivity index (χ2n) is 6.39. The van der Waals surface area contributed by atoms with E-state index in [-0.39, 0.29) is 24.2 Å². The van der Waals surface area contributed by atoms with Gasteiger partial charge < -0.3 is 15.5 Å². The van der Waals surface area contributed by atoms with Crippen LogP contribution in [0.4, 0.5) is 0 Å². The van der Waals surface area contributed by atoms with Gasteiger partial charge in [0.05, 0.1) is 0 Å². The largest absolute Gasteiger partial charge is 0.355 e. The molecule has 4 nitrogen and oxygen atoms in total. The number of carbonyl (C=O) groups excluding carboxylic acids is 1. The average molecular weight is 304 g/mol. The molecule has 2 saturated heterocycles. The van der Waals surface area contributed by atoms with Crippen molar-refractivity contribution in [3.63, 3.8) is 0 Å². The molecule has 0 aliphatic carbocycles. The van der Waals surface area contributed by atoms with Gasteiger partial charge in [0.25, 0.3) is 0 Å². The van der Waals surface area contributed by atoms with E-state index in [4.69, 9.17) is 0 Å². The maximum atomic E-state index is 12.1. The standard InChI is InChI=1S/C15H29N3O.ClH/c1-12-4-8-18(9-5-12)10-7-17-15(19)14-3-6-16-13(2)11-14;/h12-14,16H,3-11H2,1-2H3,(H,17,19);1H/t13-,14-;/m0./s1. The lowest BCUT2D eigenvalue weighted by atomic mass is 9.92. The average Bonchev–Trinajstić information content (AvgIpc) is 2.41. The van der Waals surface area contributed by atoms with Gasteiger partial charge in [-0.15, -0.1) is 12.4 Å². The van der Waals surface area contributed by atoms with Gasteiger partial charge in [-0.2, -0.15) is 0 Å². The monoisotopic (exact) mass is 303 g/mol. The Morgan fingerprint density at radius 1 is 1.25 bits per heavy atom. The molecule has 118 valence electrons. The Morgan fingerprint density at radius 3 is 2.60 bits per heavy atom. The summed E-state index contributed by atoms with van der Waals surface area (Å²) in [6.07, 6.45) is 4.57. The number of carbonyl (C=O) groups is 1. The summed E-state index contributed by atoms with van der Waals surface area (Å²) in [4.78, 5) is 14.6. The van der Waals surface area contributed by atoms with Crippen LogP contribution in [-0.2, 0) is 4.79 Å². The minimum atomic E-state index is 0. The van der Waals surface area contributed by atoms with Crippen LogP contribution in [0.2, 0.25) is 0 Å². The fraction of sp³-hybridized carbons (Fsp3) is 0.933. The van der Waals surface area contributed by atoms with Crippen molar-refractivity contribution >= 4 is 18.3 Å². The van der Waals surface area contributed by atoms with E-state index >= 15 is 0 Å². The van der Waals surface area contributed by atoms with Gasteiger partial charge in [-0.3, -0.25) is 4.79 Å². The Labute approximate surface area is 129 Å². The third kappa shape index (κ3) is 5.58. The maximum Gasteiger partial charge on any atom is 0.223 e. The van der Waals surface area contributed by atoms with Gasteiger partial charge in [0, 0.05) is 25.0 Å². The normalized spacial score (nSPS) is 28.7. The highest BCUT2D eigenvalue weighted by Gasteiger charge is 2.24. The number of nitrogens with one attached hydrogen (secondary N) is 2. The van der Waals surface area contributed by atoms with Gasteiger partial charge in [0.15, 0.2) is 0 Å². The molecule has 20 heavy (non-hydrogen) atoms. The zero-order valence-electron chi connectivity index (χ0n) is 12.9. The second-order valence-corrected chi connectivity index (χ2v) is 6.39. The molecule has 0 aromatic carbocycles. The molecule has 0 saturated carbocycles. The molecule has 2 aliphatic heterocycles. The first-order valence-electron chi connectivity index (χ1n) is 7.88. The van der Waals surface area contributed by atoms with E-state index in [1.165, 1.54) is 25.9 Å². The smallest absolute Gasteiger partial charge is 0.223 e. The highest BCUT2D eigenvalue weighted by Crippen LogP contribution is 2.16. The quantitative estimate of drug-likeness (QED) is 0.830. The van der Waals surface area contributed by atoms with E-state index < -0.39 is 0 Å². The van der Waals surface area contributed by atoms with Crippen LogP contribution >= 0.6 is 12.4 Å². The van der Waals surface area contributed by atoms with E-state index in [2.05, 4.69) is 29.4 Å². The predicted molar refractivity (Wildman–Crippen MR) is 85.3 cm³/mol. The zero-order chi connectivity index (χ0) is 13.7. The first kappa shape index (κ1) is 17.7. The van der Waals surface area contributed by atoms with Crippen LogP contribution < -0.4 is 10.6 Å². The minimum Gasteiger partial charge on any atom is -0.355 e. The summed E-state index contributed by atoms with van der Waals surface area (Å²) in [6.45, 7) is 9.68. The van der Waals surface area contributed by atoms with E-state index in [1.54, 1.807) is 0 Å². The van der Waals surface area contributed by atoms with Crippen LogP contribution in [0.3, 0.4) is 0 Å². The second kappa shape index (κ2) is 8.85. The number of rotatable bonds is 4. The molecule has 0 bridgehead atoms.